The summed E-state index contributed by atoms with van der Waals surface area (Å²) in [6.07, 6.45) is 1.70. The van der Waals surface area contributed by atoms with Crippen molar-refractivity contribution in [3.8, 4) is 17.2 Å². The highest BCUT2D eigenvalue weighted by molar-refractivity contribution is 5.95. The van der Waals surface area contributed by atoms with E-state index in [4.69, 9.17) is 14.2 Å². The van der Waals surface area contributed by atoms with Gasteiger partial charge in [0.1, 0.15) is 25.6 Å². The van der Waals surface area contributed by atoms with E-state index in [9.17, 15) is 4.79 Å². The number of fused-ring (bicyclic) bond motifs is 1. The van der Waals surface area contributed by atoms with Gasteiger partial charge in [0.25, 0.3) is 0 Å². The van der Waals surface area contributed by atoms with Gasteiger partial charge in [0.05, 0.1) is 6.54 Å². The van der Waals surface area contributed by atoms with E-state index in [0.717, 1.165) is 17.0 Å². The van der Waals surface area contributed by atoms with Crippen LogP contribution in [0.15, 0.2) is 55.1 Å². The second-order valence-electron chi connectivity index (χ2n) is 6.92. The monoisotopic (exact) mass is 432 g/mol. The van der Waals surface area contributed by atoms with Crippen molar-refractivity contribution in [2.75, 3.05) is 38.3 Å². The van der Waals surface area contributed by atoms with Gasteiger partial charge in [0, 0.05) is 29.8 Å². The Morgan fingerprint density at radius 2 is 1.97 bits per heavy atom. The number of amides is 1. The van der Waals surface area contributed by atoms with Crippen molar-refractivity contribution in [1.82, 2.24) is 5.32 Å². The molecule has 1 aliphatic rings. The number of anilines is 1. The van der Waals surface area contributed by atoms with E-state index in [1.54, 1.807) is 11.0 Å². The molecule has 3 rings (SSSR count). The smallest absolute Gasteiger partial charge is 0.231 e. The number of carbonyl (C=O) groups excluding carboxylic acids is 1. The minimum atomic E-state index is -0.186. The van der Waals surface area contributed by atoms with Gasteiger partial charge in [-0.3, -0.25) is 4.79 Å². The fourth-order valence-corrected chi connectivity index (χ4v) is 3.25. The molecule has 0 bridgehead atoms. The summed E-state index contributed by atoms with van der Waals surface area (Å²) in [6.45, 7) is 8.04. The predicted octanol–water partition coefficient (Wildman–Crippen LogP) is 3.83. The average Bonchev–Trinajstić information content (AvgIpc) is 2.76. The van der Waals surface area contributed by atoms with Gasteiger partial charge < -0.3 is 24.4 Å². The molecule has 1 aliphatic heterocycles. The molecule has 1 atom stereocenters. The van der Waals surface area contributed by atoms with Crippen LogP contribution in [0.25, 0.3) is 0 Å². The van der Waals surface area contributed by atoms with Crippen molar-refractivity contribution in [3.63, 3.8) is 0 Å². The van der Waals surface area contributed by atoms with Crippen LogP contribution < -0.4 is 24.4 Å². The molecule has 0 saturated heterocycles. The molecular weight excluding hydrogens is 404 g/mol. The molecule has 0 aliphatic carbocycles. The Balaban J connectivity index is 0.00000320. The highest BCUT2D eigenvalue weighted by atomic mass is 35.5. The van der Waals surface area contributed by atoms with E-state index >= 15 is 0 Å². The molecule has 0 saturated carbocycles. The molecule has 0 spiro atoms. The Bertz CT molecular complexity index is 859. The van der Waals surface area contributed by atoms with E-state index in [1.165, 1.54) is 0 Å². The lowest BCUT2D eigenvalue weighted by atomic mass is 10.1. The van der Waals surface area contributed by atoms with Crippen LogP contribution in [0.5, 0.6) is 17.2 Å². The number of hydrogen-bond donors (Lipinski definition) is 1. The number of benzene rings is 2. The highest BCUT2D eigenvalue weighted by Crippen LogP contribution is 2.35. The fraction of sp³-hybridized carbons (Fsp3) is 0.348. The van der Waals surface area contributed by atoms with Gasteiger partial charge in [-0.15, -0.1) is 12.4 Å². The lowest BCUT2D eigenvalue weighted by molar-refractivity contribution is -0.121. The van der Waals surface area contributed by atoms with Crippen molar-refractivity contribution in [2.45, 2.75) is 13.5 Å². The second kappa shape index (κ2) is 11.5. The Hall–Kier alpha value is -2.70. The quantitative estimate of drug-likeness (QED) is 0.610. The lowest BCUT2D eigenvalue weighted by Gasteiger charge is -2.28. The van der Waals surface area contributed by atoms with Crippen molar-refractivity contribution >= 4 is 24.0 Å². The van der Waals surface area contributed by atoms with Crippen LogP contribution in [-0.2, 0) is 11.3 Å². The summed E-state index contributed by atoms with van der Waals surface area (Å²) >= 11 is 0. The molecule has 2 aromatic carbocycles. The molecule has 0 fully saturated rings. The molecule has 1 N–H and O–H groups in total. The zero-order chi connectivity index (χ0) is 20.6. The minimum absolute atomic E-state index is 0. The van der Waals surface area contributed by atoms with Crippen LogP contribution >= 0.6 is 12.4 Å². The molecule has 2 aromatic rings. The van der Waals surface area contributed by atoms with Crippen molar-refractivity contribution in [1.29, 1.82) is 0 Å². The summed E-state index contributed by atoms with van der Waals surface area (Å²) in [4.78, 5) is 15.1. The first-order valence-electron chi connectivity index (χ1n) is 9.81. The van der Waals surface area contributed by atoms with E-state index in [2.05, 4.69) is 11.9 Å². The van der Waals surface area contributed by atoms with Gasteiger partial charge >= 0.3 is 0 Å². The first-order chi connectivity index (χ1) is 14.1. The molecule has 1 amide bonds. The molecule has 7 heteroatoms. The summed E-state index contributed by atoms with van der Waals surface area (Å²) in [5.74, 6) is 1.93. The number of para-hydroxylation sites is 1. The number of hydrogen-bond acceptors (Lipinski definition) is 5. The van der Waals surface area contributed by atoms with Crippen molar-refractivity contribution in [3.05, 3.63) is 60.7 Å². The second-order valence-corrected chi connectivity index (χ2v) is 6.92. The summed E-state index contributed by atoms with van der Waals surface area (Å²) < 4.78 is 17.1. The van der Waals surface area contributed by atoms with Gasteiger partial charge in [0.15, 0.2) is 11.5 Å². The molecule has 0 radical (unpaired) electrons. The Labute approximate surface area is 184 Å². The number of rotatable bonds is 9. The van der Waals surface area contributed by atoms with Crippen molar-refractivity contribution in [2.24, 2.45) is 5.92 Å². The van der Waals surface area contributed by atoms with Gasteiger partial charge in [-0.2, -0.15) is 0 Å². The Morgan fingerprint density at radius 1 is 1.23 bits per heavy atom. The van der Waals surface area contributed by atoms with Gasteiger partial charge in [-0.05, 0) is 25.2 Å². The Kier molecular flexibility index (Phi) is 9.02. The fourth-order valence-electron chi connectivity index (χ4n) is 3.25. The van der Waals surface area contributed by atoms with Crippen molar-refractivity contribution < 1.29 is 19.0 Å². The SMILES string of the molecule is C=CCOc1ccccc1CN(C(=O)C(C)CNC)c1ccc2c(c1)OCCO2.Cl. The molecule has 6 nitrogen and oxygen atoms in total. The van der Waals surface area contributed by atoms with E-state index in [1.807, 2.05) is 56.4 Å². The first kappa shape index (κ1) is 23.6. The van der Waals surface area contributed by atoms with Gasteiger partial charge in [-0.1, -0.05) is 37.8 Å². The largest absolute Gasteiger partial charge is 0.489 e. The molecular formula is C23H29ClN2O4. The maximum Gasteiger partial charge on any atom is 0.231 e. The van der Waals surface area contributed by atoms with Gasteiger partial charge in [-0.25, -0.2) is 0 Å². The van der Waals surface area contributed by atoms with E-state index in [0.29, 0.717) is 44.4 Å². The molecule has 1 unspecified atom stereocenters. The number of nitrogens with one attached hydrogen (secondary N) is 1. The molecule has 1 heterocycles. The number of carbonyl (C=O) groups is 1. The lowest BCUT2D eigenvalue weighted by Crippen LogP contribution is -2.38. The third kappa shape index (κ3) is 5.68. The summed E-state index contributed by atoms with van der Waals surface area (Å²) in [7, 11) is 1.84. The molecule has 30 heavy (non-hydrogen) atoms. The van der Waals surface area contributed by atoms with Crippen LogP contribution in [0, 0.1) is 5.92 Å². The molecule has 162 valence electrons. The third-order valence-corrected chi connectivity index (χ3v) is 4.69. The van der Waals surface area contributed by atoms with E-state index in [-0.39, 0.29) is 24.2 Å². The van der Waals surface area contributed by atoms with Crippen LogP contribution in [0.4, 0.5) is 5.69 Å². The van der Waals surface area contributed by atoms with Crippen LogP contribution in [0.1, 0.15) is 12.5 Å². The molecule has 0 aromatic heterocycles. The number of ether oxygens (including phenoxy) is 3. The normalized spacial score (nSPS) is 13.0. The number of nitrogens with zero attached hydrogens (tertiary/aromatic N) is 1. The maximum absolute atomic E-state index is 13.3. The third-order valence-electron chi connectivity index (χ3n) is 4.69. The van der Waals surface area contributed by atoms with Crippen LogP contribution in [-0.4, -0.2) is 39.3 Å². The highest BCUT2D eigenvalue weighted by Gasteiger charge is 2.24. The zero-order valence-corrected chi connectivity index (χ0v) is 18.2. The van der Waals surface area contributed by atoms with Gasteiger partial charge in [0.2, 0.25) is 5.91 Å². The minimum Gasteiger partial charge on any atom is -0.489 e. The maximum atomic E-state index is 13.3. The average molecular weight is 433 g/mol. The summed E-state index contributed by atoms with van der Waals surface area (Å²) in [5.41, 5.74) is 1.69. The summed E-state index contributed by atoms with van der Waals surface area (Å²) in [6, 6.07) is 13.4. The number of halogens is 1. The first-order valence-corrected chi connectivity index (χ1v) is 9.81. The predicted molar refractivity (Wildman–Crippen MR) is 121 cm³/mol. The standard InChI is InChI=1S/C23H28N2O4.ClH/c1-4-11-27-20-8-6-5-7-18(20)16-25(23(26)17(2)15-24-3)19-9-10-21-22(14-19)29-13-12-28-21;/h4-10,14,17,24H,1,11-13,15-16H2,2-3H3;1H. The van der Waals surface area contributed by atoms with Crippen LogP contribution in [0.3, 0.4) is 0 Å². The topological polar surface area (TPSA) is 60.0 Å². The van der Waals surface area contributed by atoms with E-state index < -0.39 is 0 Å². The zero-order valence-electron chi connectivity index (χ0n) is 17.4. The van der Waals surface area contributed by atoms with Crippen LogP contribution in [0.2, 0.25) is 0 Å². The summed E-state index contributed by atoms with van der Waals surface area (Å²) in [5, 5.41) is 3.08. The Morgan fingerprint density at radius 3 is 2.70 bits per heavy atom.